The standard InChI is InChI=1S/C27H31Cl2N3O2/c1-4-32(3)15-17-5-8-20(9-6-17)31-26-21-11-18(19-12-23(28)27(34)24(29)13-19)7-10-25(21)30-14-22(26)16(2)33/h7,10-14,17,20,34H,4-6,8-9,15H2,1-3H3,(H,30,31)/t17-,20-. The van der Waals surface area contributed by atoms with Crippen LogP contribution >= 0.6 is 23.2 Å². The van der Waals surface area contributed by atoms with Crippen molar-refractivity contribution in [2.45, 2.75) is 45.6 Å². The number of phenolic OH excluding ortho intramolecular Hbond substituents is 1. The van der Waals surface area contributed by atoms with Crippen LogP contribution in [0.3, 0.4) is 0 Å². The second kappa shape index (κ2) is 10.5. The maximum atomic E-state index is 12.5. The number of carbonyl (C=O) groups excluding carboxylic acids is 1. The number of halogens is 2. The van der Waals surface area contributed by atoms with Crippen LogP contribution in [0, 0.1) is 5.92 Å². The summed E-state index contributed by atoms with van der Waals surface area (Å²) in [5.74, 6) is 0.577. The zero-order valence-electron chi connectivity index (χ0n) is 19.9. The number of nitrogens with one attached hydrogen (secondary N) is 1. The quantitative estimate of drug-likeness (QED) is 0.341. The van der Waals surface area contributed by atoms with Crippen molar-refractivity contribution in [3.8, 4) is 16.9 Å². The summed E-state index contributed by atoms with van der Waals surface area (Å²) >= 11 is 12.3. The Labute approximate surface area is 211 Å². The molecule has 1 aliphatic carbocycles. The van der Waals surface area contributed by atoms with E-state index in [2.05, 4.69) is 29.2 Å². The summed E-state index contributed by atoms with van der Waals surface area (Å²) in [7, 11) is 2.18. The van der Waals surface area contributed by atoms with Crippen LogP contribution in [-0.4, -0.2) is 47.0 Å². The average molecular weight is 500 g/mol. The first-order valence-corrected chi connectivity index (χ1v) is 12.6. The monoisotopic (exact) mass is 499 g/mol. The molecule has 3 aromatic rings. The van der Waals surface area contributed by atoms with Crippen molar-refractivity contribution in [3.63, 3.8) is 0 Å². The minimum absolute atomic E-state index is 0.0173. The summed E-state index contributed by atoms with van der Waals surface area (Å²) in [5, 5.41) is 14.9. The highest BCUT2D eigenvalue weighted by Gasteiger charge is 2.24. The maximum Gasteiger partial charge on any atom is 0.163 e. The molecule has 1 saturated carbocycles. The molecule has 7 heteroatoms. The van der Waals surface area contributed by atoms with Gasteiger partial charge in [-0.1, -0.05) is 36.2 Å². The number of benzene rings is 2. The van der Waals surface area contributed by atoms with Gasteiger partial charge < -0.3 is 15.3 Å². The van der Waals surface area contributed by atoms with Crippen molar-refractivity contribution in [1.29, 1.82) is 0 Å². The summed E-state index contributed by atoms with van der Waals surface area (Å²) in [4.78, 5) is 19.4. The third-order valence-electron chi connectivity index (χ3n) is 6.90. The third-order valence-corrected chi connectivity index (χ3v) is 7.48. The molecule has 0 atom stereocenters. The number of hydrogen-bond acceptors (Lipinski definition) is 5. The predicted octanol–water partition coefficient (Wildman–Crippen LogP) is 7.04. The lowest BCUT2D eigenvalue weighted by Gasteiger charge is -2.32. The van der Waals surface area contributed by atoms with Crippen LogP contribution in [0.1, 0.15) is 49.9 Å². The van der Waals surface area contributed by atoms with Gasteiger partial charge in [0.05, 0.1) is 26.8 Å². The molecule has 4 rings (SSSR count). The number of ketones is 1. The molecule has 0 amide bonds. The van der Waals surface area contributed by atoms with Crippen molar-refractivity contribution in [1.82, 2.24) is 9.88 Å². The second-order valence-electron chi connectivity index (χ2n) is 9.34. The van der Waals surface area contributed by atoms with Crippen LogP contribution in [0.15, 0.2) is 36.5 Å². The molecule has 1 heterocycles. The summed E-state index contributed by atoms with van der Waals surface area (Å²) in [6.07, 6.45) is 6.17. The molecule has 1 fully saturated rings. The number of hydrogen-bond donors (Lipinski definition) is 2. The first-order chi connectivity index (χ1) is 16.3. The Bertz CT molecular complexity index is 1180. The normalized spacial score (nSPS) is 18.4. The van der Waals surface area contributed by atoms with Gasteiger partial charge in [0, 0.05) is 24.2 Å². The Balaban J connectivity index is 1.67. The number of pyridine rings is 1. The molecule has 2 aromatic carbocycles. The van der Waals surface area contributed by atoms with Crippen LogP contribution in [0.4, 0.5) is 5.69 Å². The smallest absolute Gasteiger partial charge is 0.163 e. The highest BCUT2D eigenvalue weighted by molar-refractivity contribution is 6.37. The van der Waals surface area contributed by atoms with Gasteiger partial charge in [0.1, 0.15) is 0 Å². The second-order valence-corrected chi connectivity index (χ2v) is 10.2. The molecule has 34 heavy (non-hydrogen) atoms. The van der Waals surface area contributed by atoms with Crippen molar-refractivity contribution in [2.75, 3.05) is 25.5 Å². The summed E-state index contributed by atoms with van der Waals surface area (Å²) in [5.41, 5.74) is 3.91. The van der Waals surface area contributed by atoms with Crippen LogP contribution < -0.4 is 5.32 Å². The van der Waals surface area contributed by atoms with Gasteiger partial charge in [-0.25, -0.2) is 0 Å². The number of carbonyl (C=O) groups is 1. The van der Waals surface area contributed by atoms with Crippen LogP contribution in [0.5, 0.6) is 5.75 Å². The number of aromatic hydroxyl groups is 1. The number of anilines is 1. The summed E-state index contributed by atoms with van der Waals surface area (Å²) < 4.78 is 0. The summed E-state index contributed by atoms with van der Waals surface area (Å²) in [6, 6.07) is 9.58. The Hall–Kier alpha value is -2.34. The van der Waals surface area contributed by atoms with Crippen molar-refractivity contribution >= 4 is 45.6 Å². The molecular weight excluding hydrogens is 469 g/mol. The van der Waals surface area contributed by atoms with Gasteiger partial charge in [0.25, 0.3) is 0 Å². The Kier molecular flexibility index (Phi) is 7.66. The van der Waals surface area contributed by atoms with Crippen molar-refractivity contribution < 1.29 is 9.90 Å². The fourth-order valence-corrected chi connectivity index (χ4v) is 5.28. The molecule has 2 N–H and O–H groups in total. The van der Waals surface area contributed by atoms with Crippen molar-refractivity contribution in [3.05, 3.63) is 52.1 Å². The third kappa shape index (κ3) is 5.32. The topological polar surface area (TPSA) is 65.5 Å². The van der Waals surface area contributed by atoms with E-state index in [0.29, 0.717) is 11.6 Å². The number of nitrogens with zero attached hydrogens (tertiary/aromatic N) is 2. The lowest BCUT2D eigenvalue weighted by atomic mass is 9.85. The number of Topliss-reactive ketones (excluding diaryl/α,β-unsaturated/α-hetero) is 1. The van der Waals surface area contributed by atoms with Crippen molar-refractivity contribution in [2.24, 2.45) is 5.92 Å². The van der Waals surface area contributed by atoms with Crippen LogP contribution in [-0.2, 0) is 0 Å². The molecule has 5 nitrogen and oxygen atoms in total. The van der Waals surface area contributed by atoms with E-state index in [9.17, 15) is 9.90 Å². The van der Waals surface area contributed by atoms with E-state index in [1.165, 1.54) is 12.8 Å². The highest BCUT2D eigenvalue weighted by atomic mass is 35.5. The molecule has 0 spiro atoms. The molecule has 0 bridgehead atoms. The molecule has 0 unspecified atom stereocenters. The van der Waals surface area contributed by atoms with E-state index in [-0.39, 0.29) is 21.6 Å². The number of rotatable bonds is 7. The lowest BCUT2D eigenvalue weighted by molar-refractivity contribution is 0.101. The zero-order valence-corrected chi connectivity index (χ0v) is 21.4. The largest absolute Gasteiger partial charge is 0.505 e. The Morgan fingerprint density at radius 3 is 2.41 bits per heavy atom. The van der Waals surface area contributed by atoms with E-state index in [0.717, 1.165) is 59.6 Å². The SMILES string of the molecule is CCN(C)C[C@H]1CC[C@H](Nc2c(C(C)=O)cnc3ccc(-c4cc(Cl)c(O)c(Cl)c4)cc23)CC1. The predicted molar refractivity (Wildman–Crippen MR) is 141 cm³/mol. The van der Waals surface area contributed by atoms with E-state index in [4.69, 9.17) is 23.2 Å². The van der Waals surface area contributed by atoms with Gasteiger partial charge in [-0.3, -0.25) is 9.78 Å². The number of aromatic nitrogens is 1. The zero-order chi connectivity index (χ0) is 24.4. The number of fused-ring (bicyclic) bond motifs is 1. The van der Waals surface area contributed by atoms with Gasteiger partial charge in [0.15, 0.2) is 11.5 Å². The highest BCUT2D eigenvalue weighted by Crippen LogP contribution is 2.38. The van der Waals surface area contributed by atoms with E-state index in [1.807, 2.05) is 18.2 Å². The molecule has 0 radical (unpaired) electrons. The fourth-order valence-electron chi connectivity index (χ4n) is 4.79. The minimum Gasteiger partial charge on any atom is -0.505 e. The van der Waals surface area contributed by atoms with E-state index >= 15 is 0 Å². The fraction of sp³-hybridized carbons (Fsp3) is 0.407. The van der Waals surface area contributed by atoms with Gasteiger partial charge in [-0.2, -0.15) is 0 Å². The van der Waals surface area contributed by atoms with Gasteiger partial charge in [0.2, 0.25) is 0 Å². The molecule has 1 aromatic heterocycles. The molecule has 180 valence electrons. The Morgan fingerprint density at radius 1 is 1.12 bits per heavy atom. The van der Waals surface area contributed by atoms with E-state index < -0.39 is 0 Å². The first-order valence-electron chi connectivity index (χ1n) is 11.8. The molecule has 0 saturated heterocycles. The van der Waals surface area contributed by atoms with Crippen LogP contribution in [0.2, 0.25) is 10.0 Å². The Morgan fingerprint density at radius 2 is 1.79 bits per heavy atom. The average Bonchev–Trinajstić information content (AvgIpc) is 2.83. The number of phenols is 1. The van der Waals surface area contributed by atoms with Crippen LogP contribution in [0.25, 0.3) is 22.0 Å². The molecular formula is C27H31Cl2N3O2. The first kappa shape index (κ1) is 24.8. The molecule has 0 aliphatic heterocycles. The maximum absolute atomic E-state index is 12.5. The lowest BCUT2D eigenvalue weighted by Crippen LogP contribution is -2.32. The minimum atomic E-state index is -0.128. The summed E-state index contributed by atoms with van der Waals surface area (Å²) in [6.45, 7) is 5.98. The van der Waals surface area contributed by atoms with Gasteiger partial charge in [-0.15, -0.1) is 0 Å². The van der Waals surface area contributed by atoms with E-state index in [1.54, 1.807) is 25.3 Å². The van der Waals surface area contributed by atoms with Gasteiger partial charge in [-0.05, 0) is 87.5 Å². The van der Waals surface area contributed by atoms with Gasteiger partial charge >= 0.3 is 0 Å². The molecule has 1 aliphatic rings.